The summed E-state index contributed by atoms with van der Waals surface area (Å²) in [7, 11) is 1.54. The topological polar surface area (TPSA) is 130 Å². The first-order valence-corrected chi connectivity index (χ1v) is 9.29. The Balaban J connectivity index is 1.49. The molecule has 0 unspecified atom stereocenters. The molecule has 29 heavy (non-hydrogen) atoms. The van der Waals surface area contributed by atoms with E-state index in [4.69, 9.17) is 13.9 Å². The Morgan fingerprint density at radius 2 is 2.00 bits per heavy atom. The zero-order valence-electron chi connectivity index (χ0n) is 15.2. The summed E-state index contributed by atoms with van der Waals surface area (Å²) in [6, 6.07) is 12.8. The first-order valence-electron chi connectivity index (χ1n) is 8.30. The second-order valence-corrected chi connectivity index (χ2v) is 6.47. The van der Waals surface area contributed by atoms with Crippen LogP contribution in [0.15, 0.2) is 58.2 Å². The number of carbonyl (C=O) groups is 1. The van der Waals surface area contributed by atoms with Crippen molar-refractivity contribution in [3.8, 4) is 11.5 Å². The van der Waals surface area contributed by atoms with Gasteiger partial charge in [0.05, 0.1) is 17.8 Å². The van der Waals surface area contributed by atoms with E-state index in [1.54, 1.807) is 25.3 Å². The molecule has 10 nitrogen and oxygen atoms in total. The van der Waals surface area contributed by atoms with Crippen LogP contribution in [0.2, 0.25) is 0 Å². The number of methoxy groups -OCH3 is 1. The first-order chi connectivity index (χ1) is 14.0. The maximum atomic E-state index is 12.0. The Kier molecular flexibility index (Phi) is 6.63. The number of non-ortho nitro benzene ring substituents is 1. The van der Waals surface area contributed by atoms with E-state index in [9.17, 15) is 14.9 Å². The van der Waals surface area contributed by atoms with Crippen LogP contribution in [0.3, 0.4) is 0 Å². The van der Waals surface area contributed by atoms with Crippen LogP contribution < -0.4 is 14.8 Å². The number of aromatic nitrogens is 2. The van der Waals surface area contributed by atoms with Crippen LogP contribution >= 0.6 is 11.8 Å². The molecule has 0 aliphatic carbocycles. The van der Waals surface area contributed by atoms with Gasteiger partial charge in [0.25, 0.3) is 16.8 Å². The standard InChI is InChI=1S/C18H16N4O6S/c1-26-14-7-2-3-8-15(14)27-10-17-20-21-18(28-17)29-11-16(23)19-12-5-4-6-13(9-12)22(24)25/h2-9H,10-11H2,1H3,(H,19,23). The van der Waals surface area contributed by atoms with Gasteiger partial charge in [0.1, 0.15) is 0 Å². The van der Waals surface area contributed by atoms with Gasteiger partial charge in [-0.05, 0) is 18.2 Å². The van der Waals surface area contributed by atoms with Crippen molar-refractivity contribution in [1.29, 1.82) is 0 Å². The van der Waals surface area contributed by atoms with Crippen LogP contribution in [0.5, 0.6) is 11.5 Å². The average Bonchev–Trinajstić information content (AvgIpc) is 3.19. The zero-order valence-corrected chi connectivity index (χ0v) is 16.0. The van der Waals surface area contributed by atoms with Gasteiger partial charge in [-0.3, -0.25) is 14.9 Å². The normalized spacial score (nSPS) is 10.4. The lowest BCUT2D eigenvalue weighted by Crippen LogP contribution is -2.14. The molecule has 0 radical (unpaired) electrons. The molecule has 1 heterocycles. The fourth-order valence-electron chi connectivity index (χ4n) is 2.25. The Hall–Kier alpha value is -3.60. The molecule has 1 aromatic heterocycles. The number of hydrogen-bond acceptors (Lipinski definition) is 9. The number of para-hydroxylation sites is 2. The second-order valence-electron chi connectivity index (χ2n) is 5.55. The van der Waals surface area contributed by atoms with Gasteiger partial charge in [0.2, 0.25) is 5.91 Å². The van der Waals surface area contributed by atoms with Crippen molar-refractivity contribution in [3.63, 3.8) is 0 Å². The molecule has 0 spiro atoms. The quantitative estimate of drug-likeness (QED) is 0.317. The Labute approximate surface area is 169 Å². The zero-order chi connectivity index (χ0) is 20.6. The maximum Gasteiger partial charge on any atom is 0.277 e. The van der Waals surface area contributed by atoms with Crippen molar-refractivity contribution in [2.24, 2.45) is 0 Å². The number of rotatable bonds is 9. The second kappa shape index (κ2) is 9.55. The molecule has 0 fully saturated rings. The minimum absolute atomic E-state index is 0.00229. The molecule has 2 aromatic carbocycles. The summed E-state index contributed by atoms with van der Waals surface area (Å²) in [4.78, 5) is 22.3. The number of anilines is 1. The van der Waals surface area contributed by atoms with E-state index < -0.39 is 4.92 Å². The predicted molar refractivity (Wildman–Crippen MR) is 104 cm³/mol. The van der Waals surface area contributed by atoms with Crippen LogP contribution in [0, 0.1) is 10.1 Å². The van der Waals surface area contributed by atoms with Gasteiger partial charge < -0.3 is 19.2 Å². The molecule has 1 N–H and O–H groups in total. The predicted octanol–water partition coefficient (Wildman–Crippen LogP) is 3.30. The highest BCUT2D eigenvalue weighted by Gasteiger charge is 2.13. The number of ether oxygens (including phenoxy) is 2. The smallest absolute Gasteiger partial charge is 0.277 e. The van der Waals surface area contributed by atoms with Crippen LogP contribution in [0.4, 0.5) is 11.4 Å². The van der Waals surface area contributed by atoms with Crippen molar-refractivity contribution in [3.05, 3.63) is 64.5 Å². The number of nitrogens with one attached hydrogen (secondary N) is 1. The van der Waals surface area contributed by atoms with E-state index in [0.717, 1.165) is 11.8 Å². The largest absolute Gasteiger partial charge is 0.493 e. The minimum Gasteiger partial charge on any atom is -0.493 e. The summed E-state index contributed by atoms with van der Waals surface area (Å²) >= 11 is 1.04. The Morgan fingerprint density at radius 1 is 1.21 bits per heavy atom. The molecule has 150 valence electrons. The van der Waals surface area contributed by atoms with E-state index in [1.165, 1.54) is 18.2 Å². The Morgan fingerprint density at radius 3 is 2.76 bits per heavy atom. The van der Waals surface area contributed by atoms with Crippen molar-refractivity contribution >= 4 is 29.0 Å². The molecular weight excluding hydrogens is 400 g/mol. The first kappa shape index (κ1) is 20.1. The van der Waals surface area contributed by atoms with E-state index in [2.05, 4.69) is 15.5 Å². The van der Waals surface area contributed by atoms with Gasteiger partial charge in [-0.25, -0.2) is 0 Å². The average molecular weight is 416 g/mol. The highest BCUT2D eigenvalue weighted by atomic mass is 32.2. The summed E-state index contributed by atoms with van der Waals surface area (Å²) in [6.07, 6.45) is 0. The molecule has 1 amide bonds. The van der Waals surface area contributed by atoms with Gasteiger partial charge in [-0.1, -0.05) is 30.0 Å². The van der Waals surface area contributed by atoms with E-state index in [0.29, 0.717) is 17.2 Å². The molecule has 0 aliphatic rings. The van der Waals surface area contributed by atoms with Gasteiger partial charge >= 0.3 is 0 Å². The van der Waals surface area contributed by atoms with E-state index in [-0.39, 0.29) is 35.1 Å². The number of carbonyl (C=O) groups excluding carboxylic acids is 1. The summed E-state index contributed by atoms with van der Waals surface area (Å²) in [5.74, 6) is 1.01. The van der Waals surface area contributed by atoms with Crippen molar-refractivity contribution < 1.29 is 23.6 Å². The van der Waals surface area contributed by atoms with E-state index in [1.807, 2.05) is 12.1 Å². The third-order valence-electron chi connectivity index (χ3n) is 3.54. The third kappa shape index (κ3) is 5.69. The number of benzene rings is 2. The molecule has 3 rings (SSSR count). The van der Waals surface area contributed by atoms with Crippen LogP contribution in [0.25, 0.3) is 0 Å². The number of nitro benzene ring substituents is 1. The molecule has 0 aliphatic heterocycles. The molecular formula is C18H16N4O6S. The number of hydrogen-bond donors (Lipinski definition) is 1. The fourth-order valence-corrected chi connectivity index (χ4v) is 2.83. The van der Waals surface area contributed by atoms with Crippen LogP contribution in [-0.2, 0) is 11.4 Å². The lowest BCUT2D eigenvalue weighted by Gasteiger charge is -2.07. The molecule has 0 saturated carbocycles. The van der Waals surface area contributed by atoms with Gasteiger partial charge in [-0.15, -0.1) is 10.2 Å². The van der Waals surface area contributed by atoms with Crippen molar-refractivity contribution in [2.75, 3.05) is 18.2 Å². The molecule has 0 bridgehead atoms. The summed E-state index contributed by atoms with van der Waals surface area (Å²) in [5.41, 5.74) is 0.230. The number of amides is 1. The molecule has 11 heteroatoms. The highest BCUT2D eigenvalue weighted by Crippen LogP contribution is 2.27. The number of nitro groups is 1. The summed E-state index contributed by atoms with van der Waals surface area (Å²) in [6.45, 7) is 0.0494. The van der Waals surface area contributed by atoms with Gasteiger partial charge in [0, 0.05) is 17.8 Å². The summed E-state index contributed by atoms with van der Waals surface area (Å²) < 4.78 is 16.2. The van der Waals surface area contributed by atoms with Crippen molar-refractivity contribution in [2.45, 2.75) is 11.8 Å². The minimum atomic E-state index is -0.530. The Bertz CT molecular complexity index is 1010. The van der Waals surface area contributed by atoms with Crippen molar-refractivity contribution in [1.82, 2.24) is 10.2 Å². The molecule has 3 aromatic rings. The van der Waals surface area contributed by atoms with Gasteiger partial charge in [-0.2, -0.15) is 0 Å². The number of nitrogens with zero attached hydrogens (tertiary/aromatic N) is 3. The van der Waals surface area contributed by atoms with E-state index >= 15 is 0 Å². The monoisotopic (exact) mass is 416 g/mol. The van der Waals surface area contributed by atoms with Gasteiger partial charge in [0.15, 0.2) is 18.1 Å². The summed E-state index contributed by atoms with van der Waals surface area (Å²) in [5, 5.41) is 21.3. The maximum absolute atomic E-state index is 12.0. The SMILES string of the molecule is COc1ccccc1OCc1nnc(SCC(=O)Nc2cccc([N+](=O)[O-])c2)o1. The lowest BCUT2D eigenvalue weighted by atomic mass is 10.3. The number of thioether (sulfide) groups is 1. The lowest BCUT2D eigenvalue weighted by molar-refractivity contribution is -0.384. The fraction of sp³-hybridized carbons (Fsp3) is 0.167. The highest BCUT2D eigenvalue weighted by molar-refractivity contribution is 7.99. The van der Waals surface area contributed by atoms with Crippen LogP contribution in [0.1, 0.15) is 5.89 Å². The third-order valence-corrected chi connectivity index (χ3v) is 4.35. The van der Waals surface area contributed by atoms with Crippen LogP contribution in [-0.4, -0.2) is 33.9 Å². The molecule has 0 saturated heterocycles. The molecule has 0 atom stereocenters.